The molecule has 0 rings (SSSR count). The highest BCUT2D eigenvalue weighted by Crippen LogP contribution is 2.43. The Kier molecular flexibility index (Phi) is 32.1. The highest BCUT2D eigenvalue weighted by atomic mass is 31.2. The van der Waals surface area contributed by atoms with Crippen molar-refractivity contribution < 1.29 is 28.4 Å². The zero-order chi connectivity index (χ0) is 32.6. The first-order chi connectivity index (χ1) is 21.4. The van der Waals surface area contributed by atoms with E-state index in [1.165, 1.54) is 128 Å². The van der Waals surface area contributed by atoms with Gasteiger partial charge in [-0.3, -0.25) is 13.8 Å². The molecule has 0 aliphatic carbocycles. The van der Waals surface area contributed by atoms with Gasteiger partial charge in [0, 0.05) is 6.42 Å². The number of aliphatic hydroxyl groups excluding tert-OH is 1. The van der Waals surface area contributed by atoms with Gasteiger partial charge in [-0.25, -0.2) is 4.57 Å². The Bertz CT molecular complexity index is 665. The zero-order valence-electron chi connectivity index (χ0n) is 29.3. The van der Waals surface area contributed by atoms with Crippen molar-refractivity contribution in [3.05, 3.63) is 0 Å². The van der Waals surface area contributed by atoms with Gasteiger partial charge < -0.3 is 15.3 Å². The van der Waals surface area contributed by atoms with Crippen molar-refractivity contribution in [1.82, 2.24) is 5.32 Å². The van der Waals surface area contributed by atoms with Crippen LogP contribution < -0.4 is 5.32 Å². The van der Waals surface area contributed by atoms with E-state index < -0.39 is 20.0 Å². The molecule has 3 atom stereocenters. The number of rotatable bonds is 35. The van der Waals surface area contributed by atoms with Crippen LogP contribution in [0, 0.1) is 0 Å². The number of hydrogen-bond acceptors (Lipinski definition) is 5. The van der Waals surface area contributed by atoms with Gasteiger partial charge in [0.2, 0.25) is 5.91 Å². The maximum atomic E-state index is 12.7. The first-order valence-corrected chi connectivity index (χ1v) is 20.4. The molecule has 0 aliphatic heterocycles. The molecule has 44 heavy (non-hydrogen) atoms. The topological polar surface area (TPSA) is 105 Å². The molecule has 0 saturated heterocycles. The van der Waals surface area contributed by atoms with E-state index in [0.29, 0.717) is 12.8 Å². The fourth-order valence-electron chi connectivity index (χ4n) is 5.78. The Morgan fingerprint density at radius 3 is 1.34 bits per heavy atom. The normalized spacial score (nSPS) is 14.4. The van der Waals surface area contributed by atoms with Gasteiger partial charge in [0.15, 0.2) is 0 Å². The number of hydrogen-bond donors (Lipinski definition) is 3. The summed E-state index contributed by atoms with van der Waals surface area (Å²) in [5.74, 6) is -0.143. The molecule has 0 fully saturated rings. The number of nitrogens with one attached hydrogen (secondary N) is 1. The lowest BCUT2D eigenvalue weighted by molar-refractivity contribution is -0.123. The van der Waals surface area contributed by atoms with E-state index >= 15 is 0 Å². The van der Waals surface area contributed by atoms with Crippen LogP contribution in [0.5, 0.6) is 0 Å². The van der Waals surface area contributed by atoms with Crippen molar-refractivity contribution in [1.29, 1.82) is 0 Å². The highest BCUT2D eigenvalue weighted by molar-refractivity contribution is 7.47. The van der Waals surface area contributed by atoms with E-state index in [1.807, 2.05) is 0 Å². The van der Waals surface area contributed by atoms with Crippen LogP contribution >= 0.6 is 7.82 Å². The fraction of sp³-hybridized carbons (Fsp3) is 0.972. The van der Waals surface area contributed by atoms with Crippen LogP contribution in [0.15, 0.2) is 0 Å². The Morgan fingerprint density at radius 2 is 0.955 bits per heavy atom. The summed E-state index contributed by atoms with van der Waals surface area (Å²) in [6.07, 6.45) is 32.7. The molecule has 1 unspecified atom stereocenters. The molecule has 0 radical (unpaired) electrons. The van der Waals surface area contributed by atoms with Crippen molar-refractivity contribution >= 4 is 13.7 Å². The summed E-state index contributed by atoms with van der Waals surface area (Å²) in [4.78, 5) is 22.5. The SMILES string of the molecule is CCCCCCCCCCCCCCCC(=O)N[C@@H](COP(=O)(O)OCC)[C@H](O)CCCCCCCCCCCCCCC. The van der Waals surface area contributed by atoms with Crippen molar-refractivity contribution in [3.63, 3.8) is 0 Å². The molecule has 1 amide bonds. The predicted octanol–water partition coefficient (Wildman–Crippen LogP) is 10.9. The first-order valence-electron chi connectivity index (χ1n) is 19.0. The van der Waals surface area contributed by atoms with Gasteiger partial charge in [-0.2, -0.15) is 0 Å². The maximum absolute atomic E-state index is 12.7. The van der Waals surface area contributed by atoms with Crippen LogP contribution in [0.4, 0.5) is 0 Å². The number of phosphoric acid groups is 1. The van der Waals surface area contributed by atoms with Crippen molar-refractivity contribution in [2.24, 2.45) is 0 Å². The van der Waals surface area contributed by atoms with Crippen LogP contribution in [0.25, 0.3) is 0 Å². The van der Waals surface area contributed by atoms with Crippen LogP contribution in [-0.4, -0.2) is 41.3 Å². The molecule has 0 aliphatic rings. The van der Waals surface area contributed by atoms with E-state index in [-0.39, 0.29) is 19.1 Å². The molecule has 0 spiro atoms. The van der Waals surface area contributed by atoms with Crippen molar-refractivity contribution in [3.8, 4) is 0 Å². The minimum atomic E-state index is -4.20. The Balaban J connectivity index is 4.15. The quantitative estimate of drug-likeness (QED) is 0.0467. The van der Waals surface area contributed by atoms with Crippen LogP contribution in [0.1, 0.15) is 201 Å². The number of carbonyl (C=O) groups excluding carboxylic acids is 1. The molecular formula is C36H74NO6P. The monoisotopic (exact) mass is 648 g/mol. The highest BCUT2D eigenvalue weighted by Gasteiger charge is 2.27. The maximum Gasteiger partial charge on any atom is 0.472 e. The van der Waals surface area contributed by atoms with E-state index in [9.17, 15) is 19.4 Å². The summed E-state index contributed by atoms with van der Waals surface area (Å²) in [7, 11) is -4.20. The third-order valence-electron chi connectivity index (χ3n) is 8.63. The van der Waals surface area contributed by atoms with Crippen molar-refractivity contribution in [2.75, 3.05) is 13.2 Å². The Labute approximate surface area is 273 Å². The number of phosphoric ester groups is 1. The first kappa shape index (κ1) is 43.5. The molecule has 0 aromatic rings. The summed E-state index contributed by atoms with van der Waals surface area (Å²) in [5, 5.41) is 13.7. The summed E-state index contributed by atoms with van der Waals surface area (Å²) in [6.45, 7) is 5.92. The average molecular weight is 648 g/mol. The fourth-order valence-corrected chi connectivity index (χ4v) is 6.53. The molecule has 0 aromatic carbocycles. The third kappa shape index (κ3) is 30.2. The molecule has 0 aromatic heterocycles. The Hall–Kier alpha value is -0.460. The van der Waals surface area contributed by atoms with E-state index in [0.717, 1.165) is 38.5 Å². The van der Waals surface area contributed by atoms with Gasteiger partial charge in [-0.1, -0.05) is 174 Å². The largest absolute Gasteiger partial charge is 0.472 e. The van der Waals surface area contributed by atoms with E-state index in [1.54, 1.807) is 6.92 Å². The Morgan fingerprint density at radius 1 is 0.591 bits per heavy atom. The van der Waals surface area contributed by atoms with Gasteiger partial charge in [0.1, 0.15) is 0 Å². The second-order valence-corrected chi connectivity index (χ2v) is 14.4. The average Bonchev–Trinajstić information content (AvgIpc) is 2.99. The third-order valence-corrected chi connectivity index (χ3v) is 9.69. The lowest BCUT2D eigenvalue weighted by atomic mass is 10.0. The van der Waals surface area contributed by atoms with E-state index in [2.05, 4.69) is 19.2 Å². The number of aliphatic hydroxyl groups is 1. The molecule has 0 heterocycles. The van der Waals surface area contributed by atoms with Gasteiger partial charge in [0.05, 0.1) is 25.4 Å². The van der Waals surface area contributed by atoms with E-state index in [4.69, 9.17) is 9.05 Å². The molecule has 0 saturated carbocycles. The second kappa shape index (κ2) is 32.5. The molecule has 8 heteroatoms. The van der Waals surface area contributed by atoms with Gasteiger partial charge in [-0.15, -0.1) is 0 Å². The van der Waals surface area contributed by atoms with Crippen LogP contribution in [0.3, 0.4) is 0 Å². The molecule has 264 valence electrons. The molecule has 3 N–H and O–H groups in total. The number of carbonyl (C=O) groups is 1. The second-order valence-electron chi connectivity index (χ2n) is 12.9. The minimum Gasteiger partial charge on any atom is -0.391 e. The lowest BCUT2D eigenvalue weighted by Gasteiger charge is -2.25. The van der Waals surface area contributed by atoms with Crippen LogP contribution in [0.2, 0.25) is 0 Å². The van der Waals surface area contributed by atoms with Gasteiger partial charge in [-0.05, 0) is 19.8 Å². The number of unbranched alkanes of at least 4 members (excludes halogenated alkanes) is 24. The predicted molar refractivity (Wildman–Crippen MR) is 186 cm³/mol. The van der Waals surface area contributed by atoms with Gasteiger partial charge >= 0.3 is 7.82 Å². The smallest absolute Gasteiger partial charge is 0.391 e. The number of amides is 1. The zero-order valence-corrected chi connectivity index (χ0v) is 30.2. The van der Waals surface area contributed by atoms with Gasteiger partial charge in [0.25, 0.3) is 0 Å². The van der Waals surface area contributed by atoms with Crippen molar-refractivity contribution in [2.45, 2.75) is 213 Å². The summed E-state index contributed by atoms with van der Waals surface area (Å²) >= 11 is 0. The molecule has 7 nitrogen and oxygen atoms in total. The lowest BCUT2D eigenvalue weighted by Crippen LogP contribution is -2.46. The standard InChI is InChI=1S/C36H74NO6P/c1-4-7-9-11-13-15-17-19-21-23-25-27-29-31-35(38)34(33-43-44(40,41)42-6-3)37-36(39)32-30-28-26-24-22-20-18-16-14-12-10-8-5-2/h34-35,38H,4-33H2,1-3H3,(H,37,39)(H,40,41)/t34-,35+/m0/s1. The summed E-state index contributed by atoms with van der Waals surface area (Å²) < 4.78 is 21.9. The van der Waals surface area contributed by atoms with Crippen LogP contribution in [-0.2, 0) is 18.4 Å². The summed E-state index contributed by atoms with van der Waals surface area (Å²) in [5.41, 5.74) is 0. The summed E-state index contributed by atoms with van der Waals surface area (Å²) in [6, 6.07) is -0.734. The minimum absolute atomic E-state index is 0.0470. The molecular weight excluding hydrogens is 573 g/mol. The molecule has 0 bridgehead atoms.